The highest BCUT2D eigenvalue weighted by atomic mass is 19.1. The molecule has 134 valence electrons. The zero-order valence-corrected chi connectivity index (χ0v) is 15.2. The van der Waals surface area contributed by atoms with Crippen LogP contribution in [0.25, 0.3) is 0 Å². The summed E-state index contributed by atoms with van der Waals surface area (Å²) >= 11 is 0. The minimum Gasteiger partial charge on any atom is -0.299 e. The summed E-state index contributed by atoms with van der Waals surface area (Å²) in [7, 11) is 0. The van der Waals surface area contributed by atoms with E-state index < -0.39 is 6.17 Å². The highest BCUT2D eigenvalue weighted by molar-refractivity contribution is 6.01. The predicted octanol–water partition coefficient (Wildman–Crippen LogP) is 4.59. The van der Waals surface area contributed by atoms with Gasteiger partial charge in [0, 0.05) is 23.7 Å². The fraction of sp³-hybridized carbons (Fsp3) is 0.727. The fourth-order valence-electron chi connectivity index (χ4n) is 7.66. The van der Waals surface area contributed by atoms with E-state index in [2.05, 4.69) is 19.9 Å². The van der Waals surface area contributed by atoms with Crippen LogP contribution in [0.3, 0.4) is 0 Å². The summed E-state index contributed by atoms with van der Waals surface area (Å²) in [4.78, 5) is 24.3. The fourth-order valence-corrected chi connectivity index (χ4v) is 7.66. The maximum Gasteiger partial charge on any atom is 0.178 e. The smallest absolute Gasteiger partial charge is 0.178 e. The molecule has 5 rings (SSSR count). The number of rotatable bonds is 0. The van der Waals surface area contributed by atoms with Crippen molar-refractivity contribution in [3.63, 3.8) is 0 Å². The van der Waals surface area contributed by atoms with Gasteiger partial charge in [-0.25, -0.2) is 4.39 Å². The summed E-state index contributed by atoms with van der Waals surface area (Å²) in [6.45, 7) is 4.49. The van der Waals surface area contributed by atoms with Gasteiger partial charge in [-0.2, -0.15) is 0 Å². The molecule has 2 nitrogen and oxygen atoms in total. The van der Waals surface area contributed by atoms with Crippen molar-refractivity contribution in [3.05, 3.63) is 23.8 Å². The summed E-state index contributed by atoms with van der Waals surface area (Å²) in [5.41, 5.74) is 0.656. The molecule has 7 atom stereocenters. The molecule has 0 radical (unpaired) electrons. The highest BCUT2D eigenvalue weighted by Crippen LogP contribution is 2.73. The van der Waals surface area contributed by atoms with E-state index in [4.69, 9.17) is 0 Å². The molecule has 25 heavy (non-hydrogen) atoms. The zero-order valence-electron chi connectivity index (χ0n) is 15.2. The molecule has 0 aromatic rings. The third kappa shape index (κ3) is 1.71. The Kier molecular flexibility index (Phi) is 3.01. The first kappa shape index (κ1) is 16.0. The molecule has 5 aliphatic rings. The first-order valence-corrected chi connectivity index (χ1v) is 9.93. The summed E-state index contributed by atoms with van der Waals surface area (Å²) < 4.78 is 15.4. The van der Waals surface area contributed by atoms with Crippen molar-refractivity contribution in [1.82, 2.24) is 0 Å². The van der Waals surface area contributed by atoms with Gasteiger partial charge in [0.1, 0.15) is 12.0 Å². The lowest BCUT2D eigenvalue weighted by Crippen LogP contribution is -2.58. The standard InChI is InChI=1S/C22H27FO2/c1-20-7-3-14(24)11-13(20)12-17(23)19-15(20)4-8-21(2)16(19)5-9-22(21)10-6-18(22)25/h3,7,11,15-17,19H,4-6,8-10,12H2,1-2H3/t15-,16-,17+,19+,20-,21-,22-/m0/s1. The number of hydrogen-bond donors (Lipinski definition) is 0. The Morgan fingerprint density at radius 1 is 1.08 bits per heavy atom. The summed E-state index contributed by atoms with van der Waals surface area (Å²) in [6, 6.07) is 0. The van der Waals surface area contributed by atoms with E-state index in [0.29, 0.717) is 18.1 Å². The molecular weight excluding hydrogens is 315 g/mol. The summed E-state index contributed by atoms with van der Waals surface area (Å²) in [5, 5.41) is 0. The average molecular weight is 342 g/mol. The van der Waals surface area contributed by atoms with Gasteiger partial charge in [0.05, 0.1) is 0 Å². The normalized spacial score (nSPS) is 53.8. The van der Waals surface area contributed by atoms with E-state index in [9.17, 15) is 9.59 Å². The van der Waals surface area contributed by atoms with Gasteiger partial charge in [-0.1, -0.05) is 25.5 Å². The van der Waals surface area contributed by atoms with Crippen LogP contribution in [0.5, 0.6) is 0 Å². The molecule has 4 fully saturated rings. The van der Waals surface area contributed by atoms with Gasteiger partial charge in [0.2, 0.25) is 0 Å². The van der Waals surface area contributed by atoms with Crippen molar-refractivity contribution < 1.29 is 14.0 Å². The zero-order chi connectivity index (χ0) is 17.6. The first-order valence-electron chi connectivity index (χ1n) is 9.93. The number of Topliss-reactive ketones (excluding diaryl/α,β-unsaturated/α-hetero) is 1. The Hall–Kier alpha value is -1.25. The maximum atomic E-state index is 15.4. The van der Waals surface area contributed by atoms with Crippen molar-refractivity contribution in [2.45, 2.75) is 65.0 Å². The quantitative estimate of drug-likeness (QED) is 0.645. The average Bonchev–Trinajstić information content (AvgIpc) is 2.90. The molecule has 0 heterocycles. The molecule has 0 amide bonds. The Labute approximate surface area is 148 Å². The lowest BCUT2D eigenvalue weighted by Gasteiger charge is -2.61. The van der Waals surface area contributed by atoms with Gasteiger partial charge in [0.25, 0.3) is 0 Å². The van der Waals surface area contributed by atoms with Crippen LogP contribution in [0.1, 0.15) is 58.8 Å². The van der Waals surface area contributed by atoms with Crippen molar-refractivity contribution in [2.75, 3.05) is 0 Å². The van der Waals surface area contributed by atoms with E-state index in [0.717, 1.165) is 44.1 Å². The van der Waals surface area contributed by atoms with Crippen LogP contribution < -0.4 is 0 Å². The number of carbonyl (C=O) groups excluding carboxylic acids is 2. The van der Waals surface area contributed by atoms with Gasteiger partial charge < -0.3 is 0 Å². The molecule has 0 aliphatic heterocycles. The number of hydrogen-bond acceptors (Lipinski definition) is 2. The third-order valence-electron chi connectivity index (χ3n) is 9.22. The number of ketones is 2. The minimum absolute atomic E-state index is 0.00124. The van der Waals surface area contributed by atoms with Gasteiger partial charge in [-0.3, -0.25) is 9.59 Å². The van der Waals surface area contributed by atoms with Gasteiger partial charge in [-0.05, 0) is 67.4 Å². The molecule has 0 saturated heterocycles. The molecule has 3 heteroatoms. The topological polar surface area (TPSA) is 34.1 Å². The van der Waals surface area contributed by atoms with Crippen LogP contribution >= 0.6 is 0 Å². The van der Waals surface area contributed by atoms with Crippen LogP contribution in [0, 0.1) is 34.0 Å². The van der Waals surface area contributed by atoms with Crippen LogP contribution in [-0.2, 0) is 9.59 Å². The van der Waals surface area contributed by atoms with Gasteiger partial charge in [-0.15, -0.1) is 0 Å². The number of fused-ring (bicyclic) bond motifs is 6. The second kappa shape index (κ2) is 4.72. The van der Waals surface area contributed by atoms with E-state index >= 15 is 4.39 Å². The van der Waals surface area contributed by atoms with E-state index in [1.54, 1.807) is 12.2 Å². The molecule has 0 aromatic carbocycles. The highest BCUT2D eigenvalue weighted by Gasteiger charge is 2.69. The number of allylic oxidation sites excluding steroid dienone is 4. The molecule has 0 aromatic heterocycles. The lowest BCUT2D eigenvalue weighted by molar-refractivity contribution is -0.159. The second-order valence-corrected chi connectivity index (χ2v) is 9.70. The predicted molar refractivity (Wildman–Crippen MR) is 93.6 cm³/mol. The van der Waals surface area contributed by atoms with Crippen LogP contribution in [0.2, 0.25) is 0 Å². The molecule has 1 spiro atoms. The van der Waals surface area contributed by atoms with Crippen molar-refractivity contribution in [3.8, 4) is 0 Å². The van der Waals surface area contributed by atoms with E-state index in [1.165, 1.54) is 0 Å². The van der Waals surface area contributed by atoms with Crippen LogP contribution in [0.4, 0.5) is 4.39 Å². The molecule has 0 unspecified atom stereocenters. The first-order chi connectivity index (χ1) is 11.8. The maximum absolute atomic E-state index is 15.4. The van der Waals surface area contributed by atoms with Crippen LogP contribution in [-0.4, -0.2) is 17.7 Å². The molecule has 4 saturated carbocycles. The summed E-state index contributed by atoms with van der Waals surface area (Å²) in [5.74, 6) is 1.05. The molecular formula is C22H27FO2. The van der Waals surface area contributed by atoms with Gasteiger partial charge in [0.15, 0.2) is 5.78 Å². The van der Waals surface area contributed by atoms with Crippen LogP contribution in [0.15, 0.2) is 23.8 Å². The van der Waals surface area contributed by atoms with Crippen molar-refractivity contribution >= 4 is 11.6 Å². The molecule has 0 N–H and O–H groups in total. The van der Waals surface area contributed by atoms with Crippen molar-refractivity contribution in [1.29, 1.82) is 0 Å². The van der Waals surface area contributed by atoms with Gasteiger partial charge >= 0.3 is 0 Å². The SMILES string of the molecule is C[C@]12C=CC(=O)C=C1C[C@@H](F)[C@@H]1[C@@H]2CC[C@@]2(C)[C@H]1CC[C@@]21CCC1=O. The monoisotopic (exact) mass is 342 g/mol. The Balaban J connectivity index is 1.56. The second-order valence-electron chi connectivity index (χ2n) is 9.70. The number of alkyl halides is 1. The lowest BCUT2D eigenvalue weighted by atomic mass is 9.43. The number of halogens is 1. The third-order valence-corrected chi connectivity index (χ3v) is 9.22. The Morgan fingerprint density at radius 3 is 2.52 bits per heavy atom. The minimum atomic E-state index is -0.876. The molecule has 5 aliphatic carbocycles. The van der Waals surface area contributed by atoms with Crippen molar-refractivity contribution in [2.24, 2.45) is 34.0 Å². The van der Waals surface area contributed by atoms with E-state index in [-0.39, 0.29) is 33.9 Å². The largest absolute Gasteiger partial charge is 0.299 e. The Bertz CT molecular complexity index is 736. The van der Waals surface area contributed by atoms with E-state index in [1.807, 2.05) is 0 Å². The Morgan fingerprint density at radius 2 is 1.84 bits per heavy atom. The summed E-state index contributed by atoms with van der Waals surface area (Å²) in [6.07, 6.45) is 10.6. The number of carbonyl (C=O) groups is 2. The molecule has 0 bridgehead atoms.